The van der Waals surface area contributed by atoms with Gasteiger partial charge in [0.2, 0.25) is 5.91 Å². The number of benzene rings is 1. The molecule has 1 atom stereocenters. The molecule has 6 nitrogen and oxygen atoms in total. The molecule has 1 unspecified atom stereocenters. The first kappa shape index (κ1) is 19.9. The van der Waals surface area contributed by atoms with Gasteiger partial charge in [0.15, 0.2) is 0 Å². The van der Waals surface area contributed by atoms with Crippen molar-refractivity contribution in [3.63, 3.8) is 0 Å². The lowest BCUT2D eigenvalue weighted by molar-refractivity contribution is -0.139. The molecule has 2 saturated heterocycles. The van der Waals surface area contributed by atoms with Crippen LogP contribution >= 0.6 is 23.4 Å². The highest BCUT2D eigenvalue weighted by atomic mass is 35.5. The highest BCUT2D eigenvalue weighted by molar-refractivity contribution is 8.18. The number of likely N-dealkylation sites (tertiary alicyclic amines) is 1. The number of carbonyl (C=O) groups excluding carboxylic acids is 3. The molecule has 3 rings (SSSR count). The standard InChI is InChI=1S/C19H21ClN2O4S/c20-14-5-3-4-13(10-14)11-16-18(25)22(19(26)27-16)12-17(24)21-8-2-1-6-15(21)7-9-23/h3-5,10-11,15,23H,1-2,6-9,12H2. The molecule has 0 spiro atoms. The van der Waals surface area contributed by atoms with E-state index in [9.17, 15) is 19.5 Å². The van der Waals surface area contributed by atoms with Crippen molar-refractivity contribution in [2.45, 2.75) is 31.7 Å². The Kier molecular flexibility index (Phi) is 6.57. The summed E-state index contributed by atoms with van der Waals surface area (Å²) < 4.78 is 0. The van der Waals surface area contributed by atoms with Crippen LogP contribution in [0.2, 0.25) is 5.02 Å². The first-order valence-electron chi connectivity index (χ1n) is 8.91. The molecule has 0 aromatic heterocycles. The van der Waals surface area contributed by atoms with Crippen LogP contribution in [0, 0.1) is 0 Å². The number of aliphatic hydroxyl groups excluding tert-OH is 1. The van der Waals surface area contributed by atoms with Crippen molar-refractivity contribution < 1.29 is 19.5 Å². The number of thioether (sulfide) groups is 1. The van der Waals surface area contributed by atoms with Crippen molar-refractivity contribution in [2.75, 3.05) is 19.7 Å². The minimum absolute atomic E-state index is 0.0123. The lowest BCUT2D eigenvalue weighted by atomic mass is 9.99. The summed E-state index contributed by atoms with van der Waals surface area (Å²) in [7, 11) is 0. The van der Waals surface area contributed by atoms with E-state index in [4.69, 9.17) is 11.6 Å². The molecule has 3 amide bonds. The largest absolute Gasteiger partial charge is 0.396 e. The smallest absolute Gasteiger partial charge is 0.294 e. The average molecular weight is 409 g/mol. The van der Waals surface area contributed by atoms with Crippen molar-refractivity contribution in [2.24, 2.45) is 0 Å². The molecule has 1 N–H and O–H groups in total. The topological polar surface area (TPSA) is 77.9 Å². The molecule has 2 aliphatic rings. The summed E-state index contributed by atoms with van der Waals surface area (Å²) in [6.45, 7) is 0.343. The predicted molar refractivity (Wildman–Crippen MR) is 105 cm³/mol. The van der Waals surface area contributed by atoms with Crippen molar-refractivity contribution in [3.8, 4) is 0 Å². The minimum Gasteiger partial charge on any atom is -0.396 e. The van der Waals surface area contributed by atoms with Gasteiger partial charge < -0.3 is 10.0 Å². The average Bonchev–Trinajstić information content (AvgIpc) is 2.90. The Hall–Kier alpha value is -1.83. The van der Waals surface area contributed by atoms with Crippen LogP contribution < -0.4 is 0 Å². The van der Waals surface area contributed by atoms with E-state index in [2.05, 4.69) is 0 Å². The number of nitrogens with zero attached hydrogens (tertiary/aromatic N) is 2. The third-order valence-electron chi connectivity index (χ3n) is 4.72. The Bertz CT molecular complexity index is 781. The van der Waals surface area contributed by atoms with Gasteiger partial charge in [0.1, 0.15) is 6.54 Å². The van der Waals surface area contributed by atoms with E-state index in [1.165, 1.54) is 0 Å². The quantitative estimate of drug-likeness (QED) is 0.757. The minimum atomic E-state index is -0.464. The molecule has 0 aliphatic carbocycles. The monoisotopic (exact) mass is 408 g/mol. The van der Waals surface area contributed by atoms with Crippen molar-refractivity contribution >= 4 is 46.5 Å². The predicted octanol–water partition coefficient (Wildman–Crippen LogP) is 3.14. The van der Waals surface area contributed by atoms with Gasteiger partial charge >= 0.3 is 0 Å². The number of hydrogen-bond donors (Lipinski definition) is 1. The Labute approximate surface area is 167 Å². The normalized spacial score (nSPS) is 22.0. The molecular weight excluding hydrogens is 388 g/mol. The zero-order valence-corrected chi connectivity index (χ0v) is 16.3. The molecule has 27 heavy (non-hydrogen) atoms. The summed E-state index contributed by atoms with van der Waals surface area (Å²) in [4.78, 5) is 40.5. The van der Waals surface area contributed by atoms with Crippen LogP contribution in [0.1, 0.15) is 31.2 Å². The molecule has 1 aromatic rings. The summed E-state index contributed by atoms with van der Waals surface area (Å²) in [5.74, 6) is -0.714. The van der Waals surface area contributed by atoms with E-state index in [0.717, 1.165) is 41.5 Å². The van der Waals surface area contributed by atoms with Crippen molar-refractivity contribution in [1.29, 1.82) is 0 Å². The zero-order valence-electron chi connectivity index (χ0n) is 14.8. The van der Waals surface area contributed by atoms with Crippen LogP contribution in [0.25, 0.3) is 6.08 Å². The molecule has 0 saturated carbocycles. The number of hydrogen-bond acceptors (Lipinski definition) is 5. The van der Waals surface area contributed by atoms with Crippen LogP contribution in [0.3, 0.4) is 0 Å². The maximum Gasteiger partial charge on any atom is 0.294 e. The summed E-state index contributed by atoms with van der Waals surface area (Å²) in [6.07, 6.45) is 4.87. The van der Waals surface area contributed by atoms with Gasteiger partial charge in [-0.1, -0.05) is 23.7 Å². The fraction of sp³-hybridized carbons (Fsp3) is 0.421. The van der Waals surface area contributed by atoms with Crippen LogP contribution in [0.4, 0.5) is 4.79 Å². The summed E-state index contributed by atoms with van der Waals surface area (Å²) >= 11 is 6.78. The van der Waals surface area contributed by atoms with E-state index >= 15 is 0 Å². The van der Waals surface area contributed by atoms with Gasteiger partial charge in [-0.25, -0.2) is 0 Å². The van der Waals surface area contributed by atoms with Gasteiger partial charge in [0.25, 0.3) is 11.1 Å². The molecule has 8 heteroatoms. The maximum absolute atomic E-state index is 12.7. The zero-order chi connectivity index (χ0) is 19.4. The third-order valence-corrected chi connectivity index (χ3v) is 5.87. The fourth-order valence-electron chi connectivity index (χ4n) is 3.39. The number of piperidine rings is 1. The summed E-state index contributed by atoms with van der Waals surface area (Å²) in [6, 6.07) is 6.95. The first-order valence-corrected chi connectivity index (χ1v) is 10.1. The molecule has 2 heterocycles. The number of rotatable bonds is 5. The highest BCUT2D eigenvalue weighted by Gasteiger charge is 2.38. The third kappa shape index (κ3) is 4.72. The second kappa shape index (κ2) is 8.91. The molecule has 144 valence electrons. The molecule has 2 fully saturated rings. The van der Waals surface area contributed by atoms with Gasteiger partial charge in [0.05, 0.1) is 4.91 Å². The number of amides is 3. The Morgan fingerprint density at radius 2 is 2.15 bits per heavy atom. The molecule has 1 aromatic carbocycles. The number of carbonyl (C=O) groups is 3. The van der Waals surface area contributed by atoms with E-state index < -0.39 is 11.1 Å². The Morgan fingerprint density at radius 1 is 1.33 bits per heavy atom. The molecular formula is C19H21ClN2O4S. The van der Waals surface area contributed by atoms with E-state index in [1.807, 2.05) is 0 Å². The SMILES string of the molecule is O=C1SC(=Cc2cccc(Cl)c2)C(=O)N1CC(=O)N1CCCCC1CCO. The Morgan fingerprint density at radius 3 is 2.89 bits per heavy atom. The van der Waals surface area contributed by atoms with Gasteiger partial charge in [-0.05, 0) is 61.2 Å². The number of aliphatic hydroxyl groups is 1. The molecule has 0 radical (unpaired) electrons. The van der Waals surface area contributed by atoms with Crippen molar-refractivity contribution in [3.05, 3.63) is 39.8 Å². The van der Waals surface area contributed by atoms with E-state index in [-0.39, 0.29) is 30.0 Å². The second-order valence-corrected chi connectivity index (χ2v) is 8.00. The van der Waals surface area contributed by atoms with Crippen LogP contribution in [0.15, 0.2) is 29.2 Å². The van der Waals surface area contributed by atoms with Gasteiger partial charge in [0, 0.05) is 24.2 Å². The molecule has 2 aliphatic heterocycles. The van der Waals surface area contributed by atoms with Crippen LogP contribution in [-0.4, -0.2) is 57.7 Å². The van der Waals surface area contributed by atoms with Crippen LogP contribution in [0.5, 0.6) is 0 Å². The lowest BCUT2D eigenvalue weighted by Crippen LogP contribution is -2.49. The maximum atomic E-state index is 12.7. The fourth-order valence-corrected chi connectivity index (χ4v) is 4.43. The summed E-state index contributed by atoms with van der Waals surface area (Å²) in [5, 5.41) is 9.30. The van der Waals surface area contributed by atoms with Crippen molar-refractivity contribution in [1.82, 2.24) is 9.80 Å². The molecule has 0 bridgehead atoms. The lowest BCUT2D eigenvalue weighted by Gasteiger charge is -2.36. The second-order valence-electron chi connectivity index (χ2n) is 6.57. The van der Waals surface area contributed by atoms with Gasteiger partial charge in [-0.2, -0.15) is 0 Å². The highest BCUT2D eigenvalue weighted by Crippen LogP contribution is 2.32. The van der Waals surface area contributed by atoms with E-state index in [1.54, 1.807) is 35.2 Å². The van der Waals surface area contributed by atoms with Gasteiger partial charge in [-0.3, -0.25) is 19.3 Å². The van der Waals surface area contributed by atoms with Gasteiger partial charge in [-0.15, -0.1) is 0 Å². The first-order chi connectivity index (χ1) is 13.0. The van der Waals surface area contributed by atoms with Crippen LogP contribution in [-0.2, 0) is 9.59 Å². The number of imide groups is 1. The Balaban J connectivity index is 1.70. The van der Waals surface area contributed by atoms with E-state index in [0.29, 0.717) is 18.0 Å². The number of halogens is 1. The summed E-state index contributed by atoms with van der Waals surface area (Å²) in [5.41, 5.74) is 0.721.